The summed E-state index contributed by atoms with van der Waals surface area (Å²) in [5, 5.41) is 3.42. The Hall–Kier alpha value is -2.99. The Morgan fingerprint density at radius 2 is 1.85 bits per heavy atom. The van der Waals surface area contributed by atoms with Gasteiger partial charge in [0.25, 0.3) is 5.56 Å². The Morgan fingerprint density at radius 1 is 1.12 bits per heavy atom. The molecule has 1 atom stereocenters. The van der Waals surface area contributed by atoms with Gasteiger partial charge in [0.05, 0.1) is 10.9 Å². The van der Waals surface area contributed by atoms with Gasteiger partial charge < -0.3 is 16.0 Å². The lowest BCUT2D eigenvalue weighted by atomic mass is 10.1. The van der Waals surface area contributed by atoms with Crippen molar-refractivity contribution >= 4 is 16.8 Å². The number of rotatable bonds is 7. The Morgan fingerprint density at radius 3 is 2.65 bits per heavy atom. The Bertz CT molecular complexity index is 937. The van der Waals surface area contributed by atoms with Crippen LogP contribution in [0.4, 0.5) is 0 Å². The van der Waals surface area contributed by atoms with Crippen LogP contribution in [0.1, 0.15) is 30.3 Å². The van der Waals surface area contributed by atoms with Gasteiger partial charge in [-0.1, -0.05) is 42.5 Å². The molecule has 1 amide bonds. The number of nitrogens with two attached hydrogens (primary N) is 1. The summed E-state index contributed by atoms with van der Waals surface area (Å²) in [6.07, 6.45) is 1.50. The molecule has 4 N–H and O–H groups in total. The number of aromatic amines is 1. The van der Waals surface area contributed by atoms with E-state index < -0.39 is 0 Å². The first kappa shape index (κ1) is 17.8. The zero-order valence-corrected chi connectivity index (χ0v) is 14.4. The van der Waals surface area contributed by atoms with Crippen molar-refractivity contribution in [2.45, 2.75) is 25.3 Å². The van der Waals surface area contributed by atoms with Crippen LogP contribution in [0.3, 0.4) is 0 Å². The van der Waals surface area contributed by atoms with E-state index in [-0.39, 0.29) is 17.5 Å². The van der Waals surface area contributed by atoms with E-state index in [4.69, 9.17) is 5.73 Å². The minimum absolute atomic E-state index is 0.0560. The molecular formula is C20H22N4O2. The largest absolute Gasteiger partial charge is 0.354 e. The second-order valence-electron chi connectivity index (χ2n) is 6.20. The van der Waals surface area contributed by atoms with Gasteiger partial charge in [0.2, 0.25) is 5.91 Å². The minimum Gasteiger partial charge on any atom is -0.354 e. The van der Waals surface area contributed by atoms with E-state index in [1.807, 2.05) is 48.5 Å². The Kier molecular flexibility index (Phi) is 5.76. The van der Waals surface area contributed by atoms with E-state index in [9.17, 15) is 9.59 Å². The first-order valence-corrected chi connectivity index (χ1v) is 8.68. The summed E-state index contributed by atoms with van der Waals surface area (Å²) in [6.45, 7) is 0.397. The van der Waals surface area contributed by atoms with Crippen LogP contribution in [0.5, 0.6) is 0 Å². The number of hydrogen-bond donors (Lipinski definition) is 3. The van der Waals surface area contributed by atoms with E-state index >= 15 is 0 Å². The maximum absolute atomic E-state index is 12.0. The van der Waals surface area contributed by atoms with Gasteiger partial charge in [0.1, 0.15) is 5.82 Å². The molecule has 0 aliphatic heterocycles. The number of aryl methyl sites for hydroxylation is 1. The molecular weight excluding hydrogens is 328 g/mol. The third-order valence-corrected chi connectivity index (χ3v) is 4.23. The standard InChI is InChI=1S/C20H22N4O2/c21-16(14-7-2-1-3-8-14)13-22-19(25)12-6-11-18-23-17-10-5-4-9-15(17)20(26)24-18/h1-5,7-10,16H,6,11-13,21H2,(H,22,25)(H,23,24,26). The van der Waals surface area contributed by atoms with E-state index in [2.05, 4.69) is 15.3 Å². The molecule has 6 nitrogen and oxygen atoms in total. The van der Waals surface area contributed by atoms with E-state index in [1.165, 1.54) is 0 Å². The number of amides is 1. The number of carbonyl (C=O) groups excluding carboxylic acids is 1. The molecule has 0 aliphatic carbocycles. The van der Waals surface area contributed by atoms with Gasteiger partial charge in [0.15, 0.2) is 0 Å². The van der Waals surface area contributed by atoms with Crippen LogP contribution < -0.4 is 16.6 Å². The fraction of sp³-hybridized carbons (Fsp3) is 0.250. The summed E-state index contributed by atoms with van der Waals surface area (Å²) < 4.78 is 0. The maximum atomic E-state index is 12.0. The molecule has 26 heavy (non-hydrogen) atoms. The molecule has 1 unspecified atom stereocenters. The number of benzene rings is 2. The number of aromatic nitrogens is 2. The molecule has 0 aliphatic rings. The highest BCUT2D eigenvalue weighted by Gasteiger charge is 2.09. The quantitative estimate of drug-likeness (QED) is 0.607. The molecule has 1 heterocycles. The van der Waals surface area contributed by atoms with Gasteiger partial charge in [-0.25, -0.2) is 4.98 Å². The molecule has 6 heteroatoms. The van der Waals surface area contributed by atoms with Crippen LogP contribution >= 0.6 is 0 Å². The molecule has 3 rings (SSSR count). The summed E-state index contributed by atoms with van der Waals surface area (Å²) in [5.41, 5.74) is 7.58. The smallest absolute Gasteiger partial charge is 0.258 e. The van der Waals surface area contributed by atoms with Gasteiger partial charge in [-0.05, 0) is 24.1 Å². The monoisotopic (exact) mass is 350 g/mol. The lowest BCUT2D eigenvalue weighted by Crippen LogP contribution is -2.31. The third-order valence-electron chi connectivity index (χ3n) is 4.23. The van der Waals surface area contributed by atoms with Crippen molar-refractivity contribution in [3.63, 3.8) is 0 Å². The van der Waals surface area contributed by atoms with Crippen molar-refractivity contribution in [1.29, 1.82) is 0 Å². The van der Waals surface area contributed by atoms with Crippen LogP contribution in [-0.4, -0.2) is 22.4 Å². The molecule has 0 saturated carbocycles. The van der Waals surface area contributed by atoms with Crippen molar-refractivity contribution < 1.29 is 4.79 Å². The second kappa shape index (κ2) is 8.40. The molecule has 1 aromatic heterocycles. The number of para-hydroxylation sites is 1. The van der Waals surface area contributed by atoms with Crippen LogP contribution in [-0.2, 0) is 11.2 Å². The first-order chi connectivity index (χ1) is 12.6. The predicted molar refractivity (Wildman–Crippen MR) is 102 cm³/mol. The number of H-pyrrole nitrogens is 1. The average Bonchev–Trinajstić information content (AvgIpc) is 2.67. The number of nitrogens with one attached hydrogen (secondary N) is 2. The Balaban J connectivity index is 1.47. The SMILES string of the molecule is NC(CNC(=O)CCCc1nc2ccccc2c(=O)[nH]1)c1ccccc1. The summed E-state index contributed by atoms with van der Waals surface area (Å²) in [7, 11) is 0. The molecule has 0 radical (unpaired) electrons. The highest BCUT2D eigenvalue weighted by atomic mass is 16.1. The zero-order valence-electron chi connectivity index (χ0n) is 14.4. The van der Waals surface area contributed by atoms with Crippen molar-refractivity contribution in [1.82, 2.24) is 15.3 Å². The van der Waals surface area contributed by atoms with Crippen LogP contribution in [0.15, 0.2) is 59.4 Å². The normalized spacial score (nSPS) is 12.0. The maximum Gasteiger partial charge on any atom is 0.258 e. The number of hydrogen-bond acceptors (Lipinski definition) is 4. The molecule has 2 aromatic carbocycles. The van der Waals surface area contributed by atoms with Crippen LogP contribution in [0.2, 0.25) is 0 Å². The van der Waals surface area contributed by atoms with Gasteiger partial charge in [-0.2, -0.15) is 0 Å². The number of fused-ring (bicyclic) bond motifs is 1. The highest BCUT2D eigenvalue weighted by molar-refractivity contribution is 5.77. The van der Waals surface area contributed by atoms with Gasteiger partial charge in [-0.15, -0.1) is 0 Å². The molecule has 3 aromatic rings. The van der Waals surface area contributed by atoms with Crippen LogP contribution in [0.25, 0.3) is 10.9 Å². The summed E-state index contributed by atoms with van der Waals surface area (Å²) in [6, 6.07) is 16.7. The van der Waals surface area contributed by atoms with Gasteiger partial charge in [0, 0.05) is 25.4 Å². The lowest BCUT2D eigenvalue weighted by molar-refractivity contribution is -0.121. The van der Waals surface area contributed by atoms with E-state index in [0.29, 0.717) is 42.5 Å². The molecule has 134 valence electrons. The number of nitrogens with zero attached hydrogens (tertiary/aromatic N) is 1. The molecule has 0 fully saturated rings. The predicted octanol–water partition coefficient (Wildman–Crippen LogP) is 2.06. The van der Waals surface area contributed by atoms with Crippen LogP contribution in [0, 0.1) is 0 Å². The van der Waals surface area contributed by atoms with Crippen molar-refractivity contribution in [3.8, 4) is 0 Å². The van der Waals surface area contributed by atoms with Crippen molar-refractivity contribution in [2.24, 2.45) is 5.73 Å². The Labute approximate surface area is 151 Å². The fourth-order valence-electron chi connectivity index (χ4n) is 2.80. The highest BCUT2D eigenvalue weighted by Crippen LogP contribution is 2.09. The number of carbonyl (C=O) groups is 1. The van der Waals surface area contributed by atoms with Gasteiger partial charge >= 0.3 is 0 Å². The molecule has 0 bridgehead atoms. The molecule has 0 spiro atoms. The van der Waals surface area contributed by atoms with Crippen molar-refractivity contribution in [3.05, 3.63) is 76.3 Å². The minimum atomic E-state index is -0.223. The van der Waals surface area contributed by atoms with Crippen molar-refractivity contribution in [2.75, 3.05) is 6.54 Å². The van der Waals surface area contributed by atoms with E-state index in [1.54, 1.807) is 6.07 Å². The summed E-state index contributed by atoms with van der Waals surface area (Å²) in [4.78, 5) is 31.2. The van der Waals surface area contributed by atoms with Gasteiger partial charge in [-0.3, -0.25) is 9.59 Å². The second-order valence-corrected chi connectivity index (χ2v) is 6.20. The summed E-state index contributed by atoms with van der Waals surface area (Å²) >= 11 is 0. The lowest BCUT2D eigenvalue weighted by Gasteiger charge is -2.13. The topological polar surface area (TPSA) is 101 Å². The van der Waals surface area contributed by atoms with E-state index in [0.717, 1.165) is 5.56 Å². The molecule has 0 saturated heterocycles. The zero-order chi connectivity index (χ0) is 18.4. The third kappa shape index (κ3) is 4.55. The average molecular weight is 350 g/mol. The fourth-order valence-corrected chi connectivity index (χ4v) is 2.80. The first-order valence-electron chi connectivity index (χ1n) is 8.68. The summed E-state index contributed by atoms with van der Waals surface area (Å²) in [5.74, 6) is 0.544.